The summed E-state index contributed by atoms with van der Waals surface area (Å²) in [5, 5.41) is 0.211. The number of carbonyl (C=O) groups excluding carboxylic acids is 1. The van der Waals surface area contributed by atoms with Gasteiger partial charge in [0.2, 0.25) is 0 Å². The Morgan fingerprint density at radius 1 is 1.35 bits per heavy atom. The predicted molar refractivity (Wildman–Crippen MR) is 98.5 cm³/mol. The molecule has 2 aromatic rings. The largest absolute Gasteiger partial charge is 0.489 e. The summed E-state index contributed by atoms with van der Waals surface area (Å²) >= 11 is 6.13. The first kappa shape index (κ1) is 18.4. The molecule has 0 spiro atoms. The molecule has 1 aromatic carbocycles. The maximum Gasteiger partial charge on any atom is 0.264 e. The fourth-order valence-electron chi connectivity index (χ4n) is 2.73. The molecule has 3 rings (SSSR count). The highest BCUT2D eigenvalue weighted by molar-refractivity contribution is 7.90. The number of amides is 1. The topological polar surface area (TPSA) is 85.4 Å². The SMILES string of the molecule is CC(=CC(=O)NS(=O)(=O)c1cc(Cl)c2c(c1)CC(C)O2)c1ccncc1. The molecule has 6 nitrogen and oxygen atoms in total. The van der Waals surface area contributed by atoms with Gasteiger partial charge in [0.25, 0.3) is 15.9 Å². The first-order chi connectivity index (χ1) is 12.3. The number of halogens is 1. The van der Waals surface area contributed by atoms with Crippen LogP contribution in [0.3, 0.4) is 0 Å². The van der Waals surface area contributed by atoms with Crippen molar-refractivity contribution in [1.29, 1.82) is 0 Å². The number of nitrogens with one attached hydrogen (secondary N) is 1. The van der Waals surface area contributed by atoms with Crippen LogP contribution >= 0.6 is 11.6 Å². The summed E-state index contributed by atoms with van der Waals surface area (Å²) in [7, 11) is -4.05. The van der Waals surface area contributed by atoms with E-state index >= 15 is 0 Å². The van der Waals surface area contributed by atoms with E-state index in [2.05, 4.69) is 4.98 Å². The van der Waals surface area contributed by atoms with E-state index in [0.29, 0.717) is 23.3 Å². The summed E-state index contributed by atoms with van der Waals surface area (Å²) in [6, 6.07) is 6.23. The van der Waals surface area contributed by atoms with Crippen LogP contribution in [-0.2, 0) is 21.2 Å². The molecule has 1 aromatic heterocycles. The fourth-order valence-corrected chi connectivity index (χ4v) is 4.09. The minimum Gasteiger partial charge on any atom is -0.489 e. The van der Waals surface area contributed by atoms with Gasteiger partial charge in [-0.25, -0.2) is 13.1 Å². The van der Waals surface area contributed by atoms with Gasteiger partial charge in [-0.1, -0.05) is 11.6 Å². The minimum absolute atomic E-state index is 0.0673. The van der Waals surface area contributed by atoms with E-state index < -0.39 is 15.9 Å². The van der Waals surface area contributed by atoms with Crippen molar-refractivity contribution in [1.82, 2.24) is 9.71 Å². The van der Waals surface area contributed by atoms with Crippen LogP contribution in [0.4, 0.5) is 0 Å². The molecule has 0 radical (unpaired) electrons. The van der Waals surface area contributed by atoms with E-state index in [0.717, 1.165) is 5.56 Å². The van der Waals surface area contributed by atoms with E-state index in [1.807, 2.05) is 11.6 Å². The van der Waals surface area contributed by atoms with E-state index in [1.54, 1.807) is 31.5 Å². The second kappa shape index (κ2) is 7.09. The Morgan fingerprint density at radius 2 is 2.04 bits per heavy atom. The van der Waals surface area contributed by atoms with Crippen LogP contribution in [0.5, 0.6) is 5.75 Å². The van der Waals surface area contributed by atoms with E-state index in [-0.39, 0.29) is 16.0 Å². The molecule has 2 heterocycles. The third kappa shape index (κ3) is 3.89. The molecule has 0 bridgehead atoms. The Kier molecular flexibility index (Phi) is 5.02. The van der Waals surface area contributed by atoms with E-state index in [1.165, 1.54) is 18.2 Å². The van der Waals surface area contributed by atoms with Gasteiger partial charge in [-0.3, -0.25) is 9.78 Å². The highest BCUT2D eigenvalue weighted by atomic mass is 35.5. The Morgan fingerprint density at radius 3 is 2.73 bits per heavy atom. The average molecular weight is 393 g/mol. The summed E-state index contributed by atoms with van der Waals surface area (Å²) in [5.41, 5.74) is 2.11. The standard InChI is InChI=1S/C18H17ClN2O4S/c1-11(13-3-5-20-6-4-13)7-17(22)21-26(23,24)15-9-14-8-12(2)25-18(14)16(19)10-15/h3-7,9-10,12H,8H2,1-2H3,(H,21,22). The summed E-state index contributed by atoms with van der Waals surface area (Å²) in [4.78, 5) is 16.0. The van der Waals surface area contributed by atoms with Crippen molar-refractivity contribution in [2.75, 3.05) is 0 Å². The molecule has 0 saturated carbocycles. The number of ether oxygens (including phenoxy) is 1. The second-order valence-corrected chi connectivity index (χ2v) is 8.15. The molecule has 136 valence electrons. The van der Waals surface area contributed by atoms with Crippen molar-refractivity contribution >= 4 is 33.1 Å². The van der Waals surface area contributed by atoms with Crippen molar-refractivity contribution in [3.05, 3.63) is 58.9 Å². The van der Waals surface area contributed by atoms with Crippen LogP contribution < -0.4 is 9.46 Å². The van der Waals surface area contributed by atoms with Gasteiger partial charge in [-0.2, -0.15) is 0 Å². The number of hydrogen-bond acceptors (Lipinski definition) is 5. The van der Waals surface area contributed by atoms with Crippen molar-refractivity contribution < 1.29 is 17.9 Å². The molecule has 26 heavy (non-hydrogen) atoms. The second-order valence-electron chi connectivity index (χ2n) is 6.06. The lowest BCUT2D eigenvalue weighted by molar-refractivity contribution is -0.114. The Balaban J connectivity index is 1.83. The molecule has 0 saturated heterocycles. The summed E-state index contributed by atoms with van der Waals surface area (Å²) in [5.74, 6) is -0.238. The zero-order valence-corrected chi connectivity index (χ0v) is 15.8. The summed E-state index contributed by atoms with van der Waals surface area (Å²) in [6.45, 7) is 3.59. The molecule has 0 aliphatic carbocycles. The van der Waals surface area contributed by atoms with Crippen molar-refractivity contribution in [3.8, 4) is 5.75 Å². The lowest BCUT2D eigenvalue weighted by Gasteiger charge is -2.09. The predicted octanol–water partition coefficient (Wildman–Crippen LogP) is 2.97. The van der Waals surface area contributed by atoms with Gasteiger partial charge in [-0.15, -0.1) is 0 Å². The first-order valence-electron chi connectivity index (χ1n) is 7.91. The molecular weight excluding hydrogens is 376 g/mol. The zero-order chi connectivity index (χ0) is 18.9. The number of sulfonamides is 1. The van der Waals surface area contributed by atoms with Crippen molar-refractivity contribution in [2.24, 2.45) is 0 Å². The van der Waals surface area contributed by atoms with Gasteiger partial charge in [-0.05, 0) is 49.2 Å². The van der Waals surface area contributed by atoms with Gasteiger partial charge < -0.3 is 4.74 Å². The molecule has 1 unspecified atom stereocenters. The number of fused-ring (bicyclic) bond motifs is 1. The number of hydrogen-bond donors (Lipinski definition) is 1. The smallest absolute Gasteiger partial charge is 0.264 e. The number of benzene rings is 1. The van der Waals surface area contributed by atoms with Crippen LogP contribution in [0.15, 0.2) is 47.6 Å². The maximum atomic E-state index is 12.5. The Hall–Kier alpha value is -2.38. The third-order valence-corrected chi connectivity index (χ3v) is 5.56. The molecule has 0 fully saturated rings. The van der Waals surface area contributed by atoms with Gasteiger partial charge in [0.15, 0.2) is 0 Å². The Labute approximate surface area is 156 Å². The van der Waals surface area contributed by atoms with Crippen LogP contribution in [0.2, 0.25) is 5.02 Å². The van der Waals surface area contributed by atoms with Crippen LogP contribution in [0.25, 0.3) is 5.57 Å². The van der Waals surface area contributed by atoms with Crippen molar-refractivity contribution in [3.63, 3.8) is 0 Å². The minimum atomic E-state index is -4.05. The summed E-state index contributed by atoms with van der Waals surface area (Å²) < 4.78 is 32.7. The van der Waals surface area contributed by atoms with Gasteiger partial charge in [0.1, 0.15) is 11.9 Å². The maximum absolute atomic E-state index is 12.5. The highest BCUT2D eigenvalue weighted by Crippen LogP contribution is 2.37. The lowest BCUT2D eigenvalue weighted by atomic mass is 10.1. The number of nitrogens with zero attached hydrogens (tertiary/aromatic N) is 1. The first-order valence-corrected chi connectivity index (χ1v) is 9.77. The highest BCUT2D eigenvalue weighted by Gasteiger charge is 2.26. The molecule has 1 amide bonds. The number of allylic oxidation sites excluding steroid dienone is 1. The Bertz CT molecular complexity index is 988. The third-order valence-electron chi connectivity index (χ3n) is 3.95. The molecular formula is C18H17ClN2O4S. The van der Waals surface area contributed by atoms with Crippen LogP contribution in [-0.4, -0.2) is 25.4 Å². The average Bonchev–Trinajstić information content (AvgIpc) is 2.96. The molecule has 1 N–H and O–H groups in total. The van der Waals surface area contributed by atoms with Gasteiger partial charge in [0.05, 0.1) is 9.92 Å². The summed E-state index contributed by atoms with van der Waals surface area (Å²) in [6.07, 6.45) is 4.91. The van der Waals surface area contributed by atoms with Gasteiger partial charge in [0, 0.05) is 30.5 Å². The van der Waals surface area contributed by atoms with Crippen LogP contribution in [0, 0.1) is 0 Å². The molecule has 1 aliphatic heterocycles. The molecule has 1 atom stereocenters. The number of aromatic nitrogens is 1. The monoisotopic (exact) mass is 392 g/mol. The lowest BCUT2D eigenvalue weighted by Crippen LogP contribution is -2.29. The number of rotatable bonds is 4. The van der Waals surface area contributed by atoms with Gasteiger partial charge >= 0.3 is 0 Å². The quantitative estimate of drug-likeness (QED) is 0.808. The van der Waals surface area contributed by atoms with Crippen LogP contribution in [0.1, 0.15) is 25.0 Å². The zero-order valence-electron chi connectivity index (χ0n) is 14.2. The van der Waals surface area contributed by atoms with Crippen molar-refractivity contribution in [2.45, 2.75) is 31.3 Å². The fraction of sp³-hybridized carbons (Fsp3) is 0.222. The normalized spacial score (nSPS) is 16.7. The molecule has 8 heteroatoms. The van der Waals surface area contributed by atoms with E-state index in [4.69, 9.17) is 16.3 Å². The number of pyridine rings is 1. The number of carbonyl (C=O) groups is 1. The molecule has 1 aliphatic rings. The van der Waals surface area contributed by atoms with E-state index in [9.17, 15) is 13.2 Å².